The average Bonchev–Trinajstić information content (AvgIpc) is 3.57. The first-order chi connectivity index (χ1) is 22.0. The molecule has 4 aromatic heterocycles. The van der Waals surface area contributed by atoms with Gasteiger partial charge in [-0.2, -0.15) is 6.58 Å². The Hall–Kier alpha value is -4.62. The summed E-state index contributed by atoms with van der Waals surface area (Å²) < 4.78 is 4.27. The van der Waals surface area contributed by atoms with Crippen molar-refractivity contribution in [3.63, 3.8) is 0 Å². The molecule has 7 aromatic rings. The monoisotopic (exact) mass is 974 g/mol. The maximum absolute atomic E-state index is 7.16. The third kappa shape index (κ3) is 9.23. The smallest absolute Gasteiger partial charge is 0.366 e. The van der Waals surface area contributed by atoms with Crippen LogP contribution >= 0.6 is 0 Å². The first kappa shape index (κ1) is 36.8. The Bertz CT molecular complexity index is 2160. The van der Waals surface area contributed by atoms with E-state index < -0.39 is 0 Å². The fourth-order valence-electron chi connectivity index (χ4n) is 5.18. The molecule has 0 aliphatic heterocycles. The molecule has 0 aliphatic carbocycles. The van der Waals surface area contributed by atoms with Crippen LogP contribution in [0.5, 0.6) is 0 Å². The molecule has 0 amide bonds. The van der Waals surface area contributed by atoms with E-state index in [9.17, 15) is 0 Å². The van der Waals surface area contributed by atoms with Gasteiger partial charge in [-0.25, -0.2) is 0 Å². The van der Waals surface area contributed by atoms with E-state index in [1.807, 2.05) is 68.0 Å². The van der Waals surface area contributed by atoms with E-state index in [1.54, 1.807) is 18.5 Å². The molecular weight excluding hydrogens is 942 g/mol. The zero-order chi connectivity index (χ0) is 31.6. The summed E-state index contributed by atoms with van der Waals surface area (Å²) in [5, 5.41) is 3.71. The summed E-state index contributed by atoms with van der Waals surface area (Å²) in [4.78, 5) is 8.12. The molecule has 0 fully saturated rings. The molecule has 0 unspecified atom stereocenters. The van der Waals surface area contributed by atoms with Gasteiger partial charge in [-0.05, 0) is 41.5 Å². The molecule has 0 saturated heterocycles. The van der Waals surface area contributed by atoms with Crippen molar-refractivity contribution in [3.8, 4) is 11.8 Å². The number of para-hydroxylation sites is 2. The van der Waals surface area contributed by atoms with Crippen LogP contribution in [0, 0.1) is 24.7 Å². The van der Waals surface area contributed by atoms with Crippen LogP contribution in [0.3, 0.4) is 0 Å². The second kappa shape index (κ2) is 17.9. The van der Waals surface area contributed by atoms with Crippen molar-refractivity contribution in [2.75, 3.05) is 0 Å². The second-order valence-electron chi connectivity index (χ2n) is 10.5. The number of allylic oxidation sites excluding steroid dienone is 2. The van der Waals surface area contributed by atoms with Crippen LogP contribution in [0.4, 0.5) is 0 Å². The Labute approximate surface area is 308 Å². The van der Waals surface area contributed by atoms with E-state index in [-0.39, 0.29) is 44.8 Å². The Morgan fingerprint density at radius 1 is 0.723 bits per heavy atom. The molecule has 238 valence electrons. The fraction of sp³-hybridized carbons (Fsp3) is 0.0732. The molecule has 0 spiro atoms. The Kier molecular flexibility index (Phi) is 14.0. The number of nitrogens with zero attached hydrogens (tertiary/aromatic N) is 4. The molecule has 0 N–H and O–H groups in total. The van der Waals surface area contributed by atoms with Crippen molar-refractivity contribution < 1.29 is 44.8 Å². The third-order valence-electron chi connectivity index (χ3n) is 7.52. The Balaban J connectivity index is 0.000000189. The largest absolute Gasteiger partial charge is 1.00 e. The van der Waals surface area contributed by atoms with Crippen LogP contribution in [0.15, 0.2) is 140 Å². The predicted molar refractivity (Wildman–Crippen MR) is 186 cm³/mol. The van der Waals surface area contributed by atoms with E-state index in [0.29, 0.717) is 5.57 Å². The number of hydrogen-bond acceptors (Lipinski definition) is 2. The summed E-state index contributed by atoms with van der Waals surface area (Å²) in [5.74, 6) is 4.68. The first-order valence-corrected chi connectivity index (χ1v) is 14.5. The maximum Gasteiger partial charge on any atom is 1.00 e. The summed E-state index contributed by atoms with van der Waals surface area (Å²) in [6.07, 6.45) is 26.1. The second-order valence-corrected chi connectivity index (χ2v) is 10.5. The average molecular weight is 975 g/mol. The van der Waals surface area contributed by atoms with Crippen molar-refractivity contribution in [1.29, 1.82) is 0 Å². The van der Waals surface area contributed by atoms with E-state index in [4.69, 9.17) is 12.8 Å². The van der Waals surface area contributed by atoms with Gasteiger partial charge in [0, 0.05) is 83.7 Å². The molecule has 4 heterocycles. The molecule has 4 nitrogen and oxygen atoms in total. The van der Waals surface area contributed by atoms with Gasteiger partial charge in [-0.15, -0.1) is 29.3 Å². The van der Waals surface area contributed by atoms with Crippen LogP contribution in [-0.4, -0.2) is 19.1 Å². The Morgan fingerprint density at radius 2 is 1.34 bits per heavy atom. The topological polar surface area (TPSA) is 35.6 Å². The number of hydrogen-bond donors (Lipinski definition) is 0. The number of fused-ring (bicyclic) bond motifs is 4. The zero-order valence-corrected chi connectivity index (χ0v) is 30.3. The summed E-state index contributed by atoms with van der Waals surface area (Å²) in [6, 6.07) is 32.7. The van der Waals surface area contributed by atoms with E-state index >= 15 is 0 Å². The van der Waals surface area contributed by atoms with Gasteiger partial charge in [0.25, 0.3) is 0 Å². The summed E-state index contributed by atoms with van der Waals surface area (Å²) in [6.45, 7) is 3.68. The molecule has 0 radical (unpaired) electrons. The van der Waals surface area contributed by atoms with Gasteiger partial charge in [-0.1, -0.05) is 60.7 Å². The van der Waals surface area contributed by atoms with Gasteiger partial charge in [0.2, 0.25) is 0 Å². The number of aromatic nitrogens is 4. The van der Waals surface area contributed by atoms with Gasteiger partial charge in [0.1, 0.15) is 0 Å². The normalized spacial score (nSPS) is 10.0. The van der Waals surface area contributed by atoms with Crippen LogP contribution < -0.4 is 0 Å². The van der Waals surface area contributed by atoms with Gasteiger partial charge in [-0.3, -0.25) is 21.8 Å². The molecule has 0 atom stereocenters. The number of pyridine rings is 2. The van der Waals surface area contributed by atoms with E-state index in [0.717, 1.165) is 23.2 Å². The number of aryl methyl sites for hydroxylation is 2. The minimum absolute atomic E-state index is 0. The van der Waals surface area contributed by atoms with Crippen molar-refractivity contribution >= 4 is 38.8 Å². The zero-order valence-electron chi connectivity index (χ0n) is 26.0. The molecule has 0 aliphatic rings. The van der Waals surface area contributed by atoms with Crippen LogP contribution in [-0.2, 0) is 65.3 Å². The van der Waals surface area contributed by atoms with Crippen molar-refractivity contribution in [2.24, 2.45) is 14.1 Å². The molecule has 47 heavy (non-hydrogen) atoms. The first-order valence-electron chi connectivity index (χ1n) is 14.5. The standard InChI is InChI=1S/C15H10N.C15H12N.C11H10N2.2Au/c1-3-11-8-9-13-12-6-4-5-7-14(12)16(2)15(13)10-11;1-4-12(2)9-10-14-11-13-7-5-6-8-15(13)16(14)3;1-3-10(8-12-5-1)7-11-4-2-6-13-9-11;;/h4-10H,2H3;5-11H,2H2,3H3;1-6,8-9H,7H2;;/q2*-1;;2*+1/b;10-9-;;;. The molecule has 7 rings (SSSR count). The maximum atomic E-state index is 7.16. The van der Waals surface area contributed by atoms with Crippen molar-refractivity contribution in [3.05, 3.63) is 175 Å². The minimum atomic E-state index is 0. The van der Waals surface area contributed by atoms with Crippen molar-refractivity contribution in [1.82, 2.24) is 19.1 Å². The van der Waals surface area contributed by atoms with Gasteiger partial charge < -0.3 is 22.0 Å². The number of rotatable bonds is 4. The molecule has 3 aromatic carbocycles. The molecule has 6 heteroatoms. The molecular formula is C41H32Au2N4. The minimum Gasteiger partial charge on any atom is -0.366 e. The summed E-state index contributed by atoms with van der Waals surface area (Å²) in [7, 11) is 4.08. The van der Waals surface area contributed by atoms with E-state index in [1.165, 1.54) is 38.3 Å². The third-order valence-corrected chi connectivity index (χ3v) is 7.52. The molecule has 0 saturated carbocycles. The fourth-order valence-corrected chi connectivity index (χ4v) is 5.18. The molecule has 0 bridgehead atoms. The SMILES string of the molecule is [Au+].[Au+].[C-]#CC(=C)/C=C\c1cc2ccccc2n1C.[C-]#Cc1ccc2c3ccccc3n(C)c2c1.c1cncc(Cc2cccnc2)c1. The van der Waals surface area contributed by atoms with Gasteiger partial charge in [0.15, 0.2) is 0 Å². The van der Waals surface area contributed by atoms with Crippen LogP contribution in [0.2, 0.25) is 0 Å². The van der Waals surface area contributed by atoms with E-state index in [2.05, 4.69) is 99.2 Å². The van der Waals surface area contributed by atoms with Gasteiger partial charge in [0.05, 0.1) is 0 Å². The summed E-state index contributed by atoms with van der Waals surface area (Å²) >= 11 is 0. The van der Waals surface area contributed by atoms with Crippen LogP contribution in [0.25, 0.3) is 38.8 Å². The quantitative estimate of drug-likeness (QED) is 0.0767. The van der Waals surface area contributed by atoms with Crippen molar-refractivity contribution in [2.45, 2.75) is 6.42 Å². The Morgan fingerprint density at radius 3 is 1.94 bits per heavy atom. The van der Waals surface area contributed by atoms with Gasteiger partial charge >= 0.3 is 44.8 Å². The predicted octanol–water partition coefficient (Wildman–Crippen LogP) is 8.67. The summed E-state index contributed by atoms with van der Waals surface area (Å²) in [5.41, 5.74) is 8.50. The number of benzene rings is 3. The van der Waals surface area contributed by atoms with Crippen LogP contribution in [0.1, 0.15) is 22.4 Å².